The lowest BCUT2D eigenvalue weighted by Crippen LogP contribution is -2.18. The molecule has 0 spiro atoms. The van der Waals surface area contributed by atoms with Crippen molar-refractivity contribution in [2.75, 3.05) is 0 Å². The van der Waals surface area contributed by atoms with Gasteiger partial charge in [-0.1, -0.05) is 45.9 Å². The SMILES string of the molecule is CCC(N)CCCc1cc(C(C)(C)C)ccc1C. The minimum Gasteiger partial charge on any atom is -0.328 e. The zero-order valence-electron chi connectivity index (χ0n) is 12.7. The highest BCUT2D eigenvalue weighted by Crippen LogP contribution is 2.25. The molecule has 2 N–H and O–H groups in total. The van der Waals surface area contributed by atoms with E-state index in [1.54, 1.807) is 0 Å². The van der Waals surface area contributed by atoms with Gasteiger partial charge in [-0.3, -0.25) is 0 Å². The van der Waals surface area contributed by atoms with E-state index in [2.05, 4.69) is 52.8 Å². The molecule has 0 amide bonds. The first-order valence-corrected chi connectivity index (χ1v) is 7.20. The first-order valence-electron chi connectivity index (χ1n) is 7.20. The van der Waals surface area contributed by atoms with Gasteiger partial charge < -0.3 is 5.73 Å². The van der Waals surface area contributed by atoms with E-state index >= 15 is 0 Å². The number of benzene rings is 1. The Balaban J connectivity index is 2.70. The summed E-state index contributed by atoms with van der Waals surface area (Å²) >= 11 is 0. The van der Waals surface area contributed by atoms with Crippen LogP contribution >= 0.6 is 0 Å². The summed E-state index contributed by atoms with van der Waals surface area (Å²) < 4.78 is 0. The van der Waals surface area contributed by atoms with E-state index < -0.39 is 0 Å². The first-order chi connectivity index (χ1) is 8.34. The molecule has 1 rings (SSSR count). The van der Waals surface area contributed by atoms with Crippen molar-refractivity contribution in [1.29, 1.82) is 0 Å². The van der Waals surface area contributed by atoms with Crippen LogP contribution in [0.5, 0.6) is 0 Å². The molecule has 0 aliphatic carbocycles. The molecule has 1 unspecified atom stereocenters. The molecule has 1 nitrogen and oxygen atoms in total. The van der Waals surface area contributed by atoms with Gasteiger partial charge in [0.1, 0.15) is 0 Å². The van der Waals surface area contributed by atoms with Gasteiger partial charge >= 0.3 is 0 Å². The molecule has 0 radical (unpaired) electrons. The van der Waals surface area contributed by atoms with Crippen LogP contribution in [0.25, 0.3) is 0 Å². The summed E-state index contributed by atoms with van der Waals surface area (Å²) in [6, 6.07) is 7.27. The molecule has 1 atom stereocenters. The van der Waals surface area contributed by atoms with Crippen molar-refractivity contribution in [3.63, 3.8) is 0 Å². The third-order valence-corrected chi connectivity index (χ3v) is 3.76. The fourth-order valence-corrected chi connectivity index (χ4v) is 2.17. The maximum atomic E-state index is 5.97. The van der Waals surface area contributed by atoms with Gasteiger partial charge in [-0.15, -0.1) is 0 Å². The Kier molecular flexibility index (Phi) is 5.40. The Hall–Kier alpha value is -0.820. The average molecular weight is 247 g/mol. The first kappa shape index (κ1) is 15.2. The second kappa shape index (κ2) is 6.38. The van der Waals surface area contributed by atoms with Crippen LogP contribution in [-0.4, -0.2) is 6.04 Å². The van der Waals surface area contributed by atoms with Gasteiger partial charge in [-0.05, 0) is 54.7 Å². The van der Waals surface area contributed by atoms with Crippen molar-refractivity contribution >= 4 is 0 Å². The second-order valence-corrected chi connectivity index (χ2v) is 6.45. The molecule has 0 aliphatic heterocycles. The Labute approximate surface area is 113 Å². The molecule has 1 heteroatoms. The highest BCUT2D eigenvalue weighted by atomic mass is 14.6. The van der Waals surface area contributed by atoms with Crippen LogP contribution in [0.1, 0.15) is 63.6 Å². The Morgan fingerprint density at radius 3 is 2.44 bits per heavy atom. The minimum atomic E-state index is 0.238. The second-order valence-electron chi connectivity index (χ2n) is 6.45. The fourth-order valence-electron chi connectivity index (χ4n) is 2.17. The van der Waals surface area contributed by atoms with Crippen LogP contribution in [0, 0.1) is 6.92 Å². The van der Waals surface area contributed by atoms with E-state index in [0.717, 1.165) is 19.3 Å². The van der Waals surface area contributed by atoms with Crippen molar-refractivity contribution in [3.8, 4) is 0 Å². The van der Waals surface area contributed by atoms with Crippen molar-refractivity contribution in [2.45, 2.75) is 71.8 Å². The molecule has 102 valence electrons. The summed E-state index contributed by atoms with van der Waals surface area (Å²) in [7, 11) is 0. The third-order valence-electron chi connectivity index (χ3n) is 3.76. The van der Waals surface area contributed by atoms with Crippen LogP contribution in [0.3, 0.4) is 0 Å². The maximum Gasteiger partial charge on any atom is 0.00363 e. The maximum absolute atomic E-state index is 5.97. The van der Waals surface area contributed by atoms with Gasteiger partial charge in [0.15, 0.2) is 0 Å². The van der Waals surface area contributed by atoms with E-state index in [4.69, 9.17) is 5.73 Å². The van der Waals surface area contributed by atoms with Gasteiger partial charge in [-0.25, -0.2) is 0 Å². The number of nitrogens with two attached hydrogens (primary N) is 1. The topological polar surface area (TPSA) is 26.0 Å². The zero-order valence-corrected chi connectivity index (χ0v) is 12.7. The standard InChI is InChI=1S/C17H29N/c1-6-16(18)9-7-8-14-12-15(17(3,4)5)11-10-13(14)2/h10-12,16H,6-9,18H2,1-5H3. The summed E-state index contributed by atoms with van der Waals surface area (Å²) in [4.78, 5) is 0. The third kappa shape index (κ3) is 4.45. The molecule has 0 bridgehead atoms. The van der Waals surface area contributed by atoms with Gasteiger partial charge in [0.2, 0.25) is 0 Å². The van der Waals surface area contributed by atoms with E-state index in [-0.39, 0.29) is 5.41 Å². The number of aryl methyl sites for hydroxylation is 2. The van der Waals surface area contributed by atoms with Crippen LogP contribution < -0.4 is 5.73 Å². The summed E-state index contributed by atoms with van der Waals surface area (Å²) in [5.74, 6) is 0. The van der Waals surface area contributed by atoms with Crippen LogP contribution in [0.4, 0.5) is 0 Å². The minimum absolute atomic E-state index is 0.238. The van der Waals surface area contributed by atoms with Gasteiger partial charge in [0, 0.05) is 6.04 Å². The van der Waals surface area contributed by atoms with Gasteiger partial charge in [0.05, 0.1) is 0 Å². The Morgan fingerprint density at radius 1 is 1.22 bits per heavy atom. The van der Waals surface area contributed by atoms with Crippen LogP contribution in [-0.2, 0) is 11.8 Å². The molecule has 1 aromatic rings. The Bertz CT molecular complexity index is 374. The highest BCUT2D eigenvalue weighted by Gasteiger charge is 2.14. The predicted molar refractivity (Wildman–Crippen MR) is 81.1 cm³/mol. The quantitative estimate of drug-likeness (QED) is 0.822. The lowest BCUT2D eigenvalue weighted by atomic mass is 9.84. The van der Waals surface area contributed by atoms with E-state index in [9.17, 15) is 0 Å². The highest BCUT2D eigenvalue weighted by molar-refractivity contribution is 5.34. The molecule has 1 aromatic carbocycles. The fraction of sp³-hybridized carbons (Fsp3) is 0.647. The smallest absolute Gasteiger partial charge is 0.00363 e. The molecule has 0 saturated carbocycles. The van der Waals surface area contributed by atoms with Crippen LogP contribution in [0.2, 0.25) is 0 Å². The summed E-state index contributed by atoms with van der Waals surface area (Å²) in [5, 5.41) is 0. The zero-order chi connectivity index (χ0) is 13.8. The molecule has 0 saturated heterocycles. The number of rotatable bonds is 5. The van der Waals surface area contributed by atoms with E-state index in [1.807, 2.05) is 0 Å². The molecule has 0 aromatic heterocycles. The summed E-state index contributed by atoms with van der Waals surface area (Å²) in [6.07, 6.45) is 4.57. The molecular formula is C17H29N. The number of hydrogen-bond donors (Lipinski definition) is 1. The van der Waals surface area contributed by atoms with Gasteiger partial charge in [-0.2, -0.15) is 0 Å². The molecular weight excluding hydrogens is 218 g/mol. The molecule has 0 aliphatic rings. The molecule has 18 heavy (non-hydrogen) atoms. The average Bonchev–Trinajstić information content (AvgIpc) is 2.29. The van der Waals surface area contributed by atoms with E-state index in [0.29, 0.717) is 6.04 Å². The summed E-state index contributed by atoms with van der Waals surface area (Å²) in [5.41, 5.74) is 10.5. The van der Waals surface area contributed by atoms with Crippen molar-refractivity contribution < 1.29 is 0 Å². The summed E-state index contributed by atoms with van der Waals surface area (Å²) in [6.45, 7) is 11.2. The molecule has 0 heterocycles. The lowest BCUT2D eigenvalue weighted by molar-refractivity contribution is 0.565. The largest absolute Gasteiger partial charge is 0.328 e. The lowest BCUT2D eigenvalue weighted by Gasteiger charge is -2.21. The van der Waals surface area contributed by atoms with Crippen LogP contribution in [0.15, 0.2) is 18.2 Å². The Morgan fingerprint density at radius 2 is 1.89 bits per heavy atom. The monoisotopic (exact) mass is 247 g/mol. The molecule has 0 fully saturated rings. The predicted octanol–water partition coefficient (Wildman–Crippen LogP) is 4.35. The van der Waals surface area contributed by atoms with Crippen molar-refractivity contribution in [1.82, 2.24) is 0 Å². The van der Waals surface area contributed by atoms with E-state index in [1.165, 1.54) is 23.1 Å². The number of hydrogen-bond acceptors (Lipinski definition) is 1. The van der Waals surface area contributed by atoms with Crippen molar-refractivity contribution in [3.05, 3.63) is 34.9 Å². The normalized spacial score (nSPS) is 13.7. The van der Waals surface area contributed by atoms with Gasteiger partial charge in [0.25, 0.3) is 0 Å². The van der Waals surface area contributed by atoms with Crippen molar-refractivity contribution in [2.24, 2.45) is 5.73 Å².